The van der Waals surface area contributed by atoms with Crippen LogP contribution in [0.5, 0.6) is 0 Å². The highest BCUT2D eigenvalue weighted by Gasteiger charge is 2.35. The number of hydrogen-bond donors (Lipinski definition) is 2. The predicted octanol–water partition coefficient (Wildman–Crippen LogP) is 2.94. The number of carbonyl (C=O) groups is 2. The van der Waals surface area contributed by atoms with Crippen molar-refractivity contribution in [2.75, 3.05) is 25.0 Å². The van der Waals surface area contributed by atoms with Gasteiger partial charge in [-0.25, -0.2) is 9.18 Å². The molecule has 3 N–H and O–H groups in total. The molecule has 33 heavy (non-hydrogen) atoms. The number of halogens is 1. The fourth-order valence-corrected chi connectivity index (χ4v) is 3.42. The summed E-state index contributed by atoms with van der Waals surface area (Å²) in [7, 11) is 0. The molecule has 0 unspecified atom stereocenters. The second-order valence-corrected chi connectivity index (χ2v) is 8.46. The number of rotatable bonds is 6. The molecule has 10 nitrogen and oxygen atoms in total. The summed E-state index contributed by atoms with van der Waals surface area (Å²) >= 11 is 0. The second-order valence-electron chi connectivity index (χ2n) is 8.46. The molecule has 0 spiro atoms. The summed E-state index contributed by atoms with van der Waals surface area (Å²) in [5.41, 5.74) is 5.32. The quantitative estimate of drug-likeness (QED) is 0.682. The van der Waals surface area contributed by atoms with Crippen molar-refractivity contribution in [3.8, 4) is 12.1 Å². The molecule has 0 aliphatic carbocycles. The molecular formula is C22H24FN7O3. The largest absolute Gasteiger partial charge is 0.448 e. The standard InChI is InChI=1S/C22H24FN7O3/c1-22(2,12-25)13-33-21(32)29-8-7-18(14(9-24)10-29)30-11-17(19(26)31)20(28-30)27-16-5-3-15(23)4-6-16/h3-6,11,14,18H,7-8,10,13H2,1-2H3,(H2,26,31)(H,27,28)/t14-,18-/m0/s1. The highest BCUT2D eigenvalue weighted by atomic mass is 19.1. The van der Waals surface area contributed by atoms with Crippen LogP contribution in [0.1, 0.15) is 36.7 Å². The van der Waals surface area contributed by atoms with Gasteiger partial charge in [0.1, 0.15) is 18.0 Å². The Kier molecular flexibility index (Phi) is 6.83. The first-order valence-corrected chi connectivity index (χ1v) is 10.3. The summed E-state index contributed by atoms with van der Waals surface area (Å²) < 4.78 is 19.9. The maximum atomic E-state index is 13.2. The van der Waals surface area contributed by atoms with Crippen molar-refractivity contribution in [1.29, 1.82) is 10.5 Å². The van der Waals surface area contributed by atoms with Crippen LogP contribution >= 0.6 is 0 Å². The molecule has 172 valence electrons. The van der Waals surface area contributed by atoms with Crippen LogP contribution in [-0.4, -0.2) is 46.4 Å². The molecule has 2 heterocycles. The van der Waals surface area contributed by atoms with E-state index in [1.54, 1.807) is 13.8 Å². The average molecular weight is 453 g/mol. The number of ether oxygens (including phenoxy) is 1. The van der Waals surface area contributed by atoms with Crippen molar-refractivity contribution in [1.82, 2.24) is 14.7 Å². The molecule has 1 aliphatic heterocycles. The number of nitrogens with one attached hydrogen (secondary N) is 1. The lowest BCUT2D eigenvalue weighted by molar-refractivity contribution is 0.0618. The lowest BCUT2D eigenvalue weighted by atomic mass is 9.93. The van der Waals surface area contributed by atoms with Crippen molar-refractivity contribution in [3.05, 3.63) is 41.8 Å². The van der Waals surface area contributed by atoms with Crippen LogP contribution in [0, 0.1) is 39.8 Å². The molecule has 2 atom stereocenters. The number of hydrogen-bond acceptors (Lipinski definition) is 7. The zero-order valence-electron chi connectivity index (χ0n) is 18.3. The van der Waals surface area contributed by atoms with Gasteiger partial charge in [-0.2, -0.15) is 15.6 Å². The van der Waals surface area contributed by atoms with E-state index in [2.05, 4.69) is 22.6 Å². The number of amides is 2. The van der Waals surface area contributed by atoms with E-state index in [4.69, 9.17) is 15.7 Å². The molecule has 2 amide bonds. The highest BCUT2D eigenvalue weighted by molar-refractivity contribution is 5.98. The molecular weight excluding hydrogens is 429 g/mol. The van der Waals surface area contributed by atoms with Gasteiger partial charge in [0.15, 0.2) is 5.82 Å². The fourth-order valence-electron chi connectivity index (χ4n) is 3.42. The van der Waals surface area contributed by atoms with Gasteiger partial charge >= 0.3 is 6.09 Å². The van der Waals surface area contributed by atoms with Crippen molar-refractivity contribution in [2.24, 2.45) is 17.1 Å². The Labute approximate surface area is 190 Å². The molecule has 1 saturated heterocycles. The summed E-state index contributed by atoms with van der Waals surface area (Å²) in [6.45, 7) is 3.69. The molecule has 0 saturated carbocycles. The van der Waals surface area contributed by atoms with Gasteiger partial charge in [-0.1, -0.05) is 0 Å². The summed E-state index contributed by atoms with van der Waals surface area (Å²) in [5.74, 6) is -1.54. The van der Waals surface area contributed by atoms with Crippen LogP contribution in [0.15, 0.2) is 30.5 Å². The summed E-state index contributed by atoms with van der Waals surface area (Å²) in [6, 6.07) is 9.37. The lowest BCUT2D eigenvalue weighted by Crippen LogP contribution is -2.45. The summed E-state index contributed by atoms with van der Waals surface area (Å²) in [6.07, 6.45) is 1.27. The van der Waals surface area contributed by atoms with E-state index in [1.165, 1.54) is 40.0 Å². The number of nitrogens with zero attached hydrogens (tertiary/aromatic N) is 5. The number of aromatic nitrogens is 2. The van der Waals surface area contributed by atoms with E-state index in [0.29, 0.717) is 18.7 Å². The smallest absolute Gasteiger partial charge is 0.409 e. The molecule has 1 aromatic carbocycles. The van der Waals surface area contributed by atoms with E-state index in [-0.39, 0.29) is 24.5 Å². The van der Waals surface area contributed by atoms with Crippen molar-refractivity contribution < 1.29 is 18.7 Å². The van der Waals surface area contributed by atoms with E-state index < -0.39 is 35.2 Å². The number of primary amides is 1. The summed E-state index contributed by atoms with van der Waals surface area (Å²) in [5, 5.41) is 26.1. The van der Waals surface area contributed by atoms with Crippen LogP contribution in [-0.2, 0) is 4.74 Å². The number of likely N-dealkylation sites (tertiary alicyclic amines) is 1. The molecule has 1 aliphatic rings. The van der Waals surface area contributed by atoms with Crippen molar-refractivity contribution in [3.63, 3.8) is 0 Å². The Bertz CT molecular complexity index is 1110. The molecule has 1 fully saturated rings. The number of nitrogens with two attached hydrogens (primary N) is 1. The van der Waals surface area contributed by atoms with Crippen LogP contribution in [0.4, 0.5) is 20.7 Å². The molecule has 0 bridgehead atoms. The van der Waals surface area contributed by atoms with Crippen LogP contribution < -0.4 is 11.1 Å². The average Bonchev–Trinajstić information content (AvgIpc) is 3.22. The summed E-state index contributed by atoms with van der Waals surface area (Å²) in [4.78, 5) is 25.8. The Morgan fingerprint density at radius 1 is 1.33 bits per heavy atom. The third kappa shape index (κ3) is 5.57. The number of benzene rings is 1. The van der Waals surface area contributed by atoms with Gasteiger partial charge in [0, 0.05) is 25.0 Å². The Hall–Kier alpha value is -4.12. The molecule has 3 rings (SSSR count). The normalized spacial score (nSPS) is 18.2. The first-order chi connectivity index (χ1) is 15.6. The second kappa shape index (κ2) is 9.57. The minimum atomic E-state index is -0.809. The molecule has 2 aromatic rings. The third-order valence-corrected chi connectivity index (χ3v) is 5.30. The first kappa shape index (κ1) is 23.5. The fraction of sp³-hybridized carbons (Fsp3) is 0.409. The zero-order valence-corrected chi connectivity index (χ0v) is 18.3. The highest BCUT2D eigenvalue weighted by Crippen LogP contribution is 2.30. The van der Waals surface area contributed by atoms with Crippen LogP contribution in [0.2, 0.25) is 0 Å². The number of nitriles is 2. The van der Waals surface area contributed by atoms with Gasteiger partial charge in [0.25, 0.3) is 5.91 Å². The van der Waals surface area contributed by atoms with Gasteiger partial charge in [-0.15, -0.1) is 0 Å². The van der Waals surface area contributed by atoms with Crippen LogP contribution in [0.25, 0.3) is 0 Å². The Morgan fingerprint density at radius 2 is 2.03 bits per heavy atom. The first-order valence-electron chi connectivity index (χ1n) is 10.3. The lowest BCUT2D eigenvalue weighted by Gasteiger charge is -2.35. The SMILES string of the molecule is CC(C)(C#N)COC(=O)N1CC[C@H](n2cc(C(N)=O)c(Nc3ccc(F)cc3)n2)[C@@H](C#N)C1. The maximum absolute atomic E-state index is 13.2. The molecule has 0 radical (unpaired) electrons. The number of carbonyl (C=O) groups excluding carboxylic acids is 2. The van der Waals surface area contributed by atoms with Gasteiger partial charge in [0.2, 0.25) is 0 Å². The van der Waals surface area contributed by atoms with Crippen molar-refractivity contribution in [2.45, 2.75) is 26.3 Å². The molecule has 1 aromatic heterocycles. The topological polar surface area (TPSA) is 150 Å². The maximum Gasteiger partial charge on any atom is 0.409 e. The monoisotopic (exact) mass is 453 g/mol. The minimum absolute atomic E-state index is 0.0565. The molecule has 11 heteroatoms. The zero-order chi connectivity index (χ0) is 24.2. The Balaban J connectivity index is 1.75. The van der Waals surface area contributed by atoms with Gasteiger partial charge in [-0.05, 0) is 44.5 Å². The third-order valence-electron chi connectivity index (χ3n) is 5.30. The van der Waals surface area contributed by atoms with Crippen LogP contribution in [0.3, 0.4) is 0 Å². The Morgan fingerprint density at radius 3 is 2.64 bits per heavy atom. The van der Waals surface area contributed by atoms with E-state index in [1.807, 2.05) is 0 Å². The number of anilines is 2. The predicted molar refractivity (Wildman–Crippen MR) is 115 cm³/mol. The van der Waals surface area contributed by atoms with Gasteiger partial charge in [0.05, 0.1) is 29.5 Å². The number of piperidine rings is 1. The van der Waals surface area contributed by atoms with Crippen molar-refractivity contribution >= 4 is 23.5 Å². The minimum Gasteiger partial charge on any atom is -0.448 e. The van der Waals surface area contributed by atoms with Gasteiger partial charge in [-0.3, -0.25) is 9.48 Å². The van der Waals surface area contributed by atoms with E-state index in [0.717, 1.165) is 0 Å². The van der Waals surface area contributed by atoms with E-state index >= 15 is 0 Å². The van der Waals surface area contributed by atoms with E-state index in [9.17, 15) is 19.2 Å². The van der Waals surface area contributed by atoms with Gasteiger partial charge < -0.3 is 20.7 Å².